The van der Waals surface area contributed by atoms with E-state index in [1.54, 1.807) is 51.0 Å². The Kier molecular flexibility index (Phi) is 9.05. The van der Waals surface area contributed by atoms with Crippen LogP contribution in [0.15, 0.2) is 35.5 Å². The standard InChI is InChI=1S/C37H40FN9O5/c1-18(2)30(40)37(50)52-9-8-51-36(49)24-16-46(5)35-21(33(24)48)10-20(13-43-35)23-14-42-34-29(32(23)47-7-6-19-15-45(4)17-27(19)47)28-22(12-39)25(38)11-26(41-3)31(28)44-34/h10-11,13-14,16,18-19,27,30,41H,6-9,15,17,40H2,1-5H3,(H,42,44)/t19-,27?,30?/m0/s1. The second-order valence-electron chi connectivity index (χ2n) is 13.9. The molecule has 0 radical (unpaired) electrons. The number of aromatic amines is 1. The van der Waals surface area contributed by atoms with Crippen LogP contribution in [-0.4, -0.2) is 95.4 Å². The number of nitrogens with two attached hydrogens (primary N) is 1. The second kappa shape index (κ2) is 13.5. The Balaban J connectivity index is 1.35. The average Bonchev–Trinajstić information content (AvgIpc) is 3.82. The maximum Gasteiger partial charge on any atom is 0.343 e. The third kappa shape index (κ3) is 5.77. The number of ether oxygens (including phenoxy) is 2. The van der Waals surface area contributed by atoms with E-state index in [1.807, 2.05) is 0 Å². The van der Waals surface area contributed by atoms with E-state index >= 15 is 4.39 Å². The van der Waals surface area contributed by atoms with Gasteiger partial charge in [0.1, 0.15) is 48.0 Å². The van der Waals surface area contributed by atoms with Crippen LogP contribution in [0, 0.1) is 29.0 Å². The van der Waals surface area contributed by atoms with Crippen LogP contribution in [0.1, 0.15) is 36.2 Å². The fourth-order valence-electron chi connectivity index (χ4n) is 7.63. The number of hydrogen-bond donors (Lipinski definition) is 3. The van der Waals surface area contributed by atoms with Crippen molar-refractivity contribution < 1.29 is 23.5 Å². The maximum atomic E-state index is 15.5. The molecule has 5 aromatic rings. The smallest absolute Gasteiger partial charge is 0.343 e. The zero-order chi connectivity index (χ0) is 37.0. The third-order valence-corrected chi connectivity index (χ3v) is 10.3. The topological polar surface area (TPSA) is 184 Å². The van der Waals surface area contributed by atoms with Crippen molar-refractivity contribution >= 4 is 56.3 Å². The summed E-state index contributed by atoms with van der Waals surface area (Å²) in [5.41, 5.74) is 8.79. The highest BCUT2D eigenvalue weighted by atomic mass is 19.1. The molecule has 2 fully saturated rings. The number of hydrogen-bond acceptors (Lipinski definition) is 12. The number of esters is 2. The van der Waals surface area contributed by atoms with Gasteiger partial charge in [-0.3, -0.25) is 9.59 Å². The number of aryl methyl sites for hydroxylation is 1. The Morgan fingerprint density at radius 2 is 1.92 bits per heavy atom. The highest BCUT2D eigenvalue weighted by molar-refractivity contribution is 6.20. The summed E-state index contributed by atoms with van der Waals surface area (Å²) in [4.78, 5) is 56.5. The first-order chi connectivity index (χ1) is 24.9. The van der Waals surface area contributed by atoms with Crippen LogP contribution >= 0.6 is 0 Å². The van der Waals surface area contributed by atoms with E-state index in [0.717, 1.165) is 31.7 Å². The lowest BCUT2D eigenvalue weighted by Gasteiger charge is -2.29. The Morgan fingerprint density at radius 1 is 1.15 bits per heavy atom. The van der Waals surface area contributed by atoms with Crippen molar-refractivity contribution in [3.05, 3.63) is 57.9 Å². The van der Waals surface area contributed by atoms with Gasteiger partial charge in [-0.05, 0) is 31.4 Å². The quantitative estimate of drug-likeness (QED) is 0.150. The number of nitriles is 1. The number of carbonyl (C=O) groups is 2. The number of carbonyl (C=O) groups excluding carboxylic acids is 2. The lowest BCUT2D eigenvalue weighted by molar-refractivity contribution is -0.147. The van der Waals surface area contributed by atoms with Crippen molar-refractivity contribution in [1.82, 2.24) is 24.4 Å². The van der Waals surface area contributed by atoms with Crippen molar-refractivity contribution in [2.75, 3.05) is 57.2 Å². The summed E-state index contributed by atoms with van der Waals surface area (Å²) in [5, 5.41) is 14.4. The minimum absolute atomic E-state index is 0.0917. The number of aromatic nitrogens is 4. The molecule has 270 valence electrons. The number of benzene rings is 1. The molecule has 0 amide bonds. The number of likely N-dealkylation sites (tertiary alicyclic amines) is 1. The molecular formula is C37H40FN9O5. The van der Waals surface area contributed by atoms with Gasteiger partial charge in [0.15, 0.2) is 0 Å². The van der Waals surface area contributed by atoms with E-state index in [1.165, 1.54) is 12.3 Å². The highest BCUT2D eigenvalue weighted by Crippen LogP contribution is 2.47. The molecule has 0 saturated carbocycles. The molecule has 4 aromatic heterocycles. The lowest BCUT2D eigenvalue weighted by atomic mass is 9.98. The number of halogens is 1. The molecule has 0 bridgehead atoms. The summed E-state index contributed by atoms with van der Waals surface area (Å²) < 4.78 is 27.5. The van der Waals surface area contributed by atoms with E-state index in [-0.39, 0.29) is 41.7 Å². The summed E-state index contributed by atoms with van der Waals surface area (Å²) in [6.45, 7) is 5.61. The Labute approximate surface area is 298 Å². The van der Waals surface area contributed by atoms with E-state index in [4.69, 9.17) is 20.2 Å². The van der Waals surface area contributed by atoms with Crippen LogP contribution in [-0.2, 0) is 21.3 Å². The molecule has 7 rings (SSSR count). The summed E-state index contributed by atoms with van der Waals surface area (Å²) in [6.07, 6.45) is 5.67. The molecule has 2 aliphatic rings. The molecule has 15 heteroatoms. The maximum absolute atomic E-state index is 15.5. The summed E-state index contributed by atoms with van der Waals surface area (Å²) in [7, 11) is 5.45. The van der Waals surface area contributed by atoms with Crippen LogP contribution in [0.5, 0.6) is 0 Å². The van der Waals surface area contributed by atoms with Gasteiger partial charge in [0.25, 0.3) is 0 Å². The Hall–Kier alpha value is -5.59. The molecule has 1 aromatic carbocycles. The number of nitrogens with one attached hydrogen (secondary N) is 2. The average molecular weight is 710 g/mol. The van der Waals surface area contributed by atoms with Crippen molar-refractivity contribution in [3.63, 3.8) is 0 Å². The number of fused-ring (bicyclic) bond motifs is 5. The van der Waals surface area contributed by atoms with E-state index in [9.17, 15) is 19.6 Å². The Morgan fingerprint density at radius 3 is 2.65 bits per heavy atom. The highest BCUT2D eigenvalue weighted by Gasteiger charge is 2.42. The molecule has 2 aliphatic heterocycles. The molecular weight excluding hydrogens is 669 g/mol. The fourth-order valence-corrected chi connectivity index (χ4v) is 7.63. The van der Waals surface area contributed by atoms with Gasteiger partial charge in [-0.1, -0.05) is 13.8 Å². The fraction of sp³-hybridized carbons (Fsp3) is 0.405. The van der Waals surface area contributed by atoms with Crippen LogP contribution in [0.2, 0.25) is 0 Å². The van der Waals surface area contributed by atoms with Gasteiger partial charge in [-0.2, -0.15) is 5.26 Å². The van der Waals surface area contributed by atoms with Gasteiger partial charge in [-0.25, -0.2) is 19.2 Å². The van der Waals surface area contributed by atoms with Crippen molar-refractivity contribution in [2.45, 2.75) is 32.4 Å². The molecule has 52 heavy (non-hydrogen) atoms. The van der Waals surface area contributed by atoms with Gasteiger partial charge in [0.05, 0.1) is 33.2 Å². The summed E-state index contributed by atoms with van der Waals surface area (Å²) in [6, 6.07) is 4.41. The van der Waals surface area contributed by atoms with Crippen molar-refractivity contribution in [3.8, 4) is 17.2 Å². The van der Waals surface area contributed by atoms with Crippen molar-refractivity contribution in [1.29, 1.82) is 5.26 Å². The molecule has 4 N–H and O–H groups in total. The molecule has 3 atom stereocenters. The van der Waals surface area contributed by atoms with Crippen LogP contribution < -0.4 is 21.4 Å². The zero-order valence-corrected chi connectivity index (χ0v) is 29.6. The van der Waals surface area contributed by atoms with Crippen LogP contribution in [0.4, 0.5) is 15.8 Å². The van der Waals surface area contributed by atoms with Crippen LogP contribution in [0.25, 0.3) is 44.1 Å². The van der Waals surface area contributed by atoms with Gasteiger partial charge in [-0.15, -0.1) is 0 Å². The molecule has 14 nitrogen and oxygen atoms in total. The molecule has 2 unspecified atom stereocenters. The summed E-state index contributed by atoms with van der Waals surface area (Å²) >= 11 is 0. The number of nitrogens with zero attached hydrogens (tertiary/aromatic N) is 6. The van der Waals surface area contributed by atoms with E-state index in [0.29, 0.717) is 50.3 Å². The number of pyridine rings is 3. The minimum Gasteiger partial charge on any atom is -0.461 e. The zero-order valence-electron chi connectivity index (χ0n) is 29.6. The number of rotatable bonds is 9. The van der Waals surface area contributed by atoms with Gasteiger partial charge >= 0.3 is 11.9 Å². The van der Waals surface area contributed by atoms with Crippen molar-refractivity contribution in [2.24, 2.45) is 24.6 Å². The van der Waals surface area contributed by atoms with Gasteiger partial charge in [0.2, 0.25) is 5.43 Å². The minimum atomic E-state index is -0.875. The number of likely N-dealkylation sites (N-methyl/N-ethyl adjacent to an activating group) is 1. The first kappa shape index (κ1) is 34.8. The largest absolute Gasteiger partial charge is 0.461 e. The molecule has 6 heterocycles. The van der Waals surface area contributed by atoms with Gasteiger partial charge < -0.3 is 39.9 Å². The molecule has 0 spiro atoms. The summed E-state index contributed by atoms with van der Waals surface area (Å²) in [5.74, 6) is -1.83. The first-order valence-corrected chi connectivity index (χ1v) is 17.2. The Bertz CT molecular complexity index is 2360. The predicted molar refractivity (Wildman–Crippen MR) is 195 cm³/mol. The van der Waals surface area contributed by atoms with E-state index < -0.39 is 29.2 Å². The number of H-pyrrole nitrogens is 1. The van der Waals surface area contributed by atoms with Crippen LogP contribution in [0.3, 0.4) is 0 Å². The monoisotopic (exact) mass is 709 g/mol. The first-order valence-electron chi connectivity index (χ1n) is 17.2. The molecule has 2 saturated heterocycles. The lowest BCUT2D eigenvalue weighted by Crippen LogP contribution is -2.37. The van der Waals surface area contributed by atoms with E-state index in [2.05, 4.69) is 38.2 Å². The SMILES string of the molecule is CNc1cc(F)c(C#N)c2c1[nH]c1ncc(-c3cnc4c(c3)c(=O)c(C(=O)OCCOC(=O)C(N)C(C)C)cn4C)c(N3CC[C@H]4CN(C)CC43)c12. The van der Waals surface area contributed by atoms with Gasteiger partial charge in [0, 0.05) is 80.9 Å². The predicted octanol–water partition coefficient (Wildman–Crippen LogP) is 3.51. The number of anilines is 2. The second-order valence-corrected chi connectivity index (χ2v) is 13.9. The molecule has 0 aliphatic carbocycles. The third-order valence-electron chi connectivity index (χ3n) is 10.3. The normalized spacial score (nSPS) is 17.9.